The van der Waals surface area contributed by atoms with Crippen molar-refractivity contribution < 1.29 is 30.8 Å². The minimum atomic E-state index is -3.65. The number of rotatable bonds is 5. The second-order valence-electron chi connectivity index (χ2n) is 5.70. The van der Waals surface area contributed by atoms with E-state index in [-0.39, 0.29) is 10.6 Å². The third-order valence-electron chi connectivity index (χ3n) is 3.65. The molecule has 0 radical (unpaired) electrons. The number of amides is 1. The number of anilines is 2. The molecule has 0 saturated carbocycles. The van der Waals surface area contributed by atoms with Crippen molar-refractivity contribution in [1.82, 2.24) is 4.98 Å². The van der Waals surface area contributed by atoms with Crippen molar-refractivity contribution in [2.45, 2.75) is 4.90 Å². The average molecular weight is 411 g/mol. The van der Waals surface area contributed by atoms with Gasteiger partial charge in [-0.05, 0) is 30.3 Å². The van der Waals surface area contributed by atoms with Crippen LogP contribution in [0.5, 0.6) is 0 Å². The summed E-state index contributed by atoms with van der Waals surface area (Å²) in [4.78, 5) is 15.1. The minimum absolute atomic E-state index is 0.211. The summed E-state index contributed by atoms with van der Waals surface area (Å²) >= 11 is 0. The Hall–Kier alpha value is -3.34. The molecule has 0 saturated heterocycles. The van der Waals surface area contributed by atoms with Gasteiger partial charge in [0.2, 0.25) is 11.8 Å². The molecule has 146 valence electrons. The molecule has 28 heavy (non-hydrogen) atoms. The van der Waals surface area contributed by atoms with Gasteiger partial charge in [0.05, 0.1) is 10.6 Å². The number of nitrogens with zero attached hydrogens (tertiary/aromatic N) is 1. The SMILES string of the molecule is CS(=O)(=O)c1ccc(F)c(Nc2oc(-c3c(F)cccc3F)nc2C(N)=O)c1. The van der Waals surface area contributed by atoms with Crippen LogP contribution in [0.4, 0.5) is 24.7 Å². The number of carbonyl (C=O) groups is 1. The molecule has 2 aromatic carbocycles. The molecule has 0 atom stereocenters. The van der Waals surface area contributed by atoms with Gasteiger partial charge in [0.25, 0.3) is 5.91 Å². The summed E-state index contributed by atoms with van der Waals surface area (Å²) in [5, 5.41) is 2.35. The first-order chi connectivity index (χ1) is 13.1. The molecule has 11 heteroatoms. The van der Waals surface area contributed by atoms with Crippen LogP contribution in [0.25, 0.3) is 11.5 Å². The highest BCUT2D eigenvalue weighted by atomic mass is 32.2. The maximum absolute atomic E-state index is 14.1. The van der Waals surface area contributed by atoms with Gasteiger partial charge in [0, 0.05) is 6.26 Å². The van der Waals surface area contributed by atoms with E-state index in [9.17, 15) is 26.4 Å². The molecule has 0 bridgehead atoms. The molecule has 1 heterocycles. The topological polar surface area (TPSA) is 115 Å². The van der Waals surface area contributed by atoms with Gasteiger partial charge in [0.1, 0.15) is 23.0 Å². The molecule has 1 aromatic heterocycles. The Labute approximate surface area is 156 Å². The van der Waals surface area contributed by atoms with E-state index in [0.29, 0.717) is 0 Å². The molecule has 3 aromatic rings. The van der Waals surface area contributed by atoms with E-state index in [1.54, 1.807) is 0 Å². The quantitative estimate of drug-likeness (QED) is 0.624. The fraction of sp³-hybridized carbons (Fsp3) is 0.0588. The summed E-state index contributed by atoms with van der Waals surface area (Å²) in [6.07, 6.45) is 0.923. The zero-order chi connectivity index (χ0) is 20.6. The van der Waals surface area contributed by atoms with Gasteiger partial charge in [-0.1, -0.05) is 6.07 Å². The van der Waals surface area contributed by atoms with Crippen molar-refractivity contribution in [2.24, 2.45) is 5.73 Å². The molecule has 0 aliphatic carbocycles. The second-order valence-corrected chi connectivity index (χ2v) is 7.71. The van der Waals surface area contributed by atoms with Gasteiger partial charge in [-0.25, -0.2) is 26.6 Å². The lowest BCUT2D eigenvalue weighted by Crippen LogP contribution is -2.13. The summed E-state index contributed by atoms with van der Waals surface area (Å²) in [5.41, 5.74) is 3.62. The zero-order valence-corrected chi connectivity index (χ0v) is 15.0. The number of sulfone groups is 1. The van der Waals surface area contributed by atoms with Crippen molar-refractivity contribution in [3.63, 3.8) is 0 Å². The molecular formula is C17H12F3N3O4S. The van der Waals surface area contributed by atoms with Crippen LogP contribution in [0.2, 0.25) is 0 Å². The number of oxazole rings is 1. The highest BCUT2D eigenvalue weighted by molar-refractivity contribution is 7.90. The predicted octanol–water partition coefficient (Wildman–Crippen LogP) is 3.00. The van der Waals surface area contributed by atoms with E-state index in [0.717, 1.165) is 42.7 Å². The van der Waals surface area contributed by atoms with Crippen LogP contribution in [0.3, 0.4) is 0 Å². The standard InChI is InChI=1S/C17H12F3N3O4S/c1-28(25,26)8-5-6-9(18)12(7-8)22-17-14(15(21)24)23-16(27-17)13-10(19)3-2-4-11(13)20/h2-7,22H,1H3,(H2,21,24). The molecule has 7 nitrogen and oxygen atoms in total. The Morgan fingerprint density at radius 1 is 1.11 bits per heavy atom. The molecule has 0 aliphatic heterocycles. The average Bonchev–Trinajstić information content (AvgIpc) is 2.99. The molecule has 0 aliphatic rings. The molecule has 0 fully saturated rings. The Bertz CT molecular complexity index is 1170. The van der Waals surface area contributed by atoms with E-state index >= 15 is 0 Å². The van der Waals surface area contributed by atoms with Crippen LogP contribution < -0.4 is 11.1 Å². The van der Waals surface area contributed by atoms with Gasteiger partial charge < -0.3 is 15.5 Å². The number of hydrogen-bond acceptors (Lipinski definition) is 6. The third-order valence-corrected chi connectivity index (χ3v) is 4.76. The number of benzene rings is 2. The highest BCUT2D eigenvalue weighted by Crippen LogP contribution is 2.32. The van der Waals surface area contributed by atoms with Gasteiger partial charge in [-0.2, -0.15) is 0 Å². The second kappa shape index (κ2) is 7.00. The summed E-state index contributed by atoms with van der Waals surface area (Å²) in [7, 11) is -3.65. The predicted molar refractivity (Wildman–Crippen MR) is 93.2 cm³/mol. The maximum atomic E-state index is 14.1. The van der Waals surface area contributed by atoms with Crippen LogP contribution in [0, 0.1) is 17.5 Å². The Morgan fingerprint density at radius 2 is 1.75 bits per heavy atom. The number of halogens is 3. The first-order valence-corrected chi connectivity index (χ1v) is 9.48. The maximum Gasteiger partial charge on any atom is 0.273 e. The summed E-state index contributed by atoms with van der Waals surface area (Å²) < 4.78 is 70.5. The van der Waals surface area contributed by atoms with E-state index in [4.69, 9.17) is 10.2 Å². The van der Waals surface area contributed by atoms with E-state index in [2.05, 4.69) is 10.3 Å². The first kappa shape index (κ1) is 19.4. The lowest BCUT2D eigenvalue weighted by Gasteiger charge is -2.07. The lowest BCUT2D eigenvalue weighted by atomic mass is 10.2. The Balaban J connectivity index is 2.11. The van der Waals surface area contributed by atoms with E-state index < -0.39 is 56.2 Å². The highest BCUT2D eigenvalue weighted by Gasteiger charge is 2.24. The van der Waals surface area contributed by atoms with E-state index in [1.807, 2.05) is 0 Å². The fourth-order valence-electron chi connectivity index (χ4n) is 2.33. The smallest absolute Gasteiger partial charge is 0.273 e. The number of carbonyl (C=O) groups excluding carboxylic acids is 1. The van der Waals surface area contributed by atoms with Crippen LogP contribution in [-0.4, -0.2) is 25.6 Å². The van der Waals surface area contributed by atoms with Crippen molar-refractivity contribution in [1.29, 1.82) is 0 Å². The summed E-state index contributed by atoms with van der Waals surface area (Å²) in [6.45, 7) is 0. The summed E-state index contributed by atoms with van der Waals surface area (Å²) in [5.74, 6) is -5.11. The molecule has 0 spiro atoms. The molecule has 3 rings (SSSR count). The Kier molecular flexibility index (Phi) is 4.86. The summed E-state index contributed by atoms with van der Waals surface area (Å²) in [6, 6.07) is 5.92. The minimum Gasteiger partial charge on any atom is -0.419 e. The largest absolute Gasteiger partial charge is 0.419 e. The number of nitrogens with one attached hydrogen (secondary N) is 1. The normalized spacial score (nSPS) is 11.4. The van der Waals surface area contributed by atoms with Gasteiger partial charge in [0.15, 0.2) is 15.5 Å². The number of nitrogens with two attached hydrogens (primary N) is 1. The first-order valence-electron chi connectivity index (χ1n) is 7.59. The Morgan fingerprint density at radius 3 is 2.32 bits per heavy atom. The van der Waals surface area contributed by atoms with Crippen LogP contribution >= 0.6 is 0 Å². The molecule has 3 N–H and O–H groups in total. The number of primary amides is 1. The van der Waals surface area contributed by atoms with Gasteiger partial charge in [-0.3, -0.25) is 4.79 Å². The number of aromatic nitrogens is 1. The van der Waals surface area contributed by atoms with Crippen LogP contribution in [0.1, 0.15) is 10.5 Å². The van der Waals surface area contributed by atoms with Gasteiger partial charge in [-0.15, -0.1) is 0 Å². The van der Waals surface area contributed by atoms with Crippen LogP contribution in [0.15, 0.2) is 45.7 Å². The van der Waals surface area contributed by atoms with E-state index in [1.165, 1.54) is 0 Å². The fourth-order valence-corrected chi connectivity index (χ4v) is 2.98. The van der Waals surface area contributed by atoms with Gasteiger partial charge >= 0.3 is 0 Å². The molecule has 0 unspecified atom stereocenters. The monoisotopic (exact) mass is 411 g/mol. The zero-order valence-electron chi connectivity index (χ0n) is 14.2. The molecule has 1 amide bonds. The lowest BCUT2D eigenvalue weighted by molar-refractivity contribution is 0.0996. The van der Waals surface area contributed by atoms with Crippen molar-refractivity contribution in [2.75, 3.05) is 11.6 Å². The number of hydrogen-bond donors (Lipinski definition) is 2. The van der Waals surface area contributed by atoms with Crippen molar-refractivity contribution in [3.05, 3.63) is 59.5 Å². The van der Waals surface area contributed by atoms with Crippen molar-refractivity contribution >= 4 is 27.3 Å². The third kappa shape index (κ3) is 3.69. The van der Waals surface area contributed by atoms with Crippen molar-refractivity contribution in [3.8, 4) is 11.5 Å². The van der Waals surface area contributed by atoms with Crippen LogP contribution in [-0.2, 0) is 9.84 Å². The molecular weight excluding hydrogens is 399 g/mol.